The van der Waals surface area contributed by atoms with E-state index in [-0.39, 0.29) is 23.9 Å². The third-order valence-electron chi connectivity index (χ3n) is 8.64. The largest absolute Gasteiger partial charge is 0.467 e. The Balaban J connectivity index is 1.45. The zero-order valence-corrected chi connectivity index (χ0v) is 21.5. The van der Waals surface area contributed by atoms with Gasteiger partial charge in [-0.3, -0.25) is 0 Å². The number of aliphatic hydroxyl groups excluding tert-OH is 1. The summed E-state index contributed by atoms with van der Waals surface area (Å²) >= 11 is 6.23. The fraction of sp³-hybridized carbons (Fsp3) is 0.387. The van der Waals surface area contributed by atoms with Crippen molar-refractivity contribution in [1.82, 2.24) is 0 Å². The van der Waals surface area contributed by atoms with Gasteiger partial charge in [0.15, 0.2) is 0 Å². The van der Waals surface area contributed by atoms with Gasteiger partial charge >= 0.3 is 5.97 Å². The number of benzene rings is 3. The van der Waals surface area contributed by atoms with Gasteiger partial charge in [0.1, 0.15) is 5.54 Å². The summed E-state index contributed by atoms with van der Waals surface area (Å²) in [6.07, 6.45) is 5.03. The van der Waals surface area contributed by atoms with E-state index in [2.05, 4.69) is 41.7 Å². The topological polar surface area (TPSA) is 58.6 Å². The van der Waals surface area contributed by atoms with Gasteiger partial charge < -0.3 is 15.2 Å². The average molecular weight is 504 g/mol. The van der Waals surface area contributed by atoms with Crippen LogP contribution in [-0.2, 0) is 21.4 Å². The van der Waals surface area contributed by atoms with Crippen LogP contribution in [0, 0.1) is 5.92 Å². The fourth-order valence-electron chi connectivity index (χ4n) is 6.78. The highest BCUT2D eigenvalue weighted by molar-refractivity contribution is 6.30. The maximum Gasteiger partial charge on any atom is 0.331 e. The number of ether oxygens (including phenoxy) is 1. The van der Waals surface area contributed by atoms with Crippen molar-refractivity contribution in [2.75, 3.05) is 19.0 Å². The molecular weight excluding hydrogens is 470 g/mol. The molecule has 0 bridgehead atoms. The molecule has 1 saturated carbocycles. The predicted molar refractivity (Wildman–Crippen MR) is 144 cm³/mol. The number of esters is 1. The van der Waals surface area contributed by atoms with Gasteiger partial charge in [-0.25, -0.2) is 4.79 Å². The Labute approximate surface area is 218 Å². The molecule has 3 aromatic rings. The van der Waals surface area contributed by atoms with Gasteiger partial charge in [-0.15, -0.1) is 0 Å². The van der Waals surface area contributed by atoms with E-state index >= 15 is 0 Å². The summed E-state index contributed by atoms with van der Waals surface area (Å²) in [5, 5.41) is 14.5. The Hall–Kier alpha value is -2.82. The molecule has 4 nitrogen and oxygen atoms in total. The van der Waals surface area contributed by atoms with Crippen LogP contribution in [0.4, 0.5) is 5.69 Å². The number of carbonyl (C=O) groups excluding carboxylic acids is 1. The molecule has 0 amide bonds. The number of hydrogen-bond donors (Lipinski definition) is 2. The predicted octanol–water partition coefficient (Wildman–Crippen LogP) is 6.51. The minimum absolute atomic E-state index is 0.0215. The third-order valence-corrected chi connectivity index (χ3v) is 8.88. The highest BCUT2D eigenvalue weighted by atomic mass is 35.5. The third kappa shape index (κ3) is 4.53. The van der Waals surface area contributed by atoms with Crippen molar-refractivity contribution >= 4 is 23.3 Å². The normalized spacial score (nSPS) is 25.8. The molecule has 2 N–H and O–H groups in total. The van der Waals surface area contributed by atoms with Gasteiger partial charge in [0.25, 0.3) is 0 Å². The summed E-state index contributed by atoms with van der Waals surface area (Å²) in [5.41, 5.74) is 4.03. The molecule has 0 aliphatic heterocycles. The monoisotopic (exact) mass is 503 g/mol. The molecule has 2 aliphatic rings. The van der Waals surface area contributed by atoms with Crippen LogP contribution in [0.15, 0.2) is 78.9 Å². The number of hydrogen-bond acceptors (Lipinski definition) is 4. The van der Waals surface area contributed by atoms with Gasteiger partial charge in [-0.1, -0.05) is 72.3 Å². The number of carbonyl (C=O) groups is 1. The summed E-state index contributed by atoms with van der Waals surface area (Å²) in [6.45, 7) is 0.134. The summed E-state index contributed by atoms with van der Waals surface area (Å²) in [7, 11) is 1.47. The summed E-state index contributed by atoms with van der Waals surface area (Å²) < 4.78 is 5.32. The number of rotatable bonds is 7. The number of nitrogens with one attached hydrogen (secondary N) is 1. The number of halogens is 1. The molecule has 1 fully saturated rings. The van der Waals surface area contributed by atoms with Gasteiger partial charge in [-0.05, 0) is 84.7 Å². The second-order valence-corrected chi connectivity index (χ2v) is 10.9. The Bertz CT molecular complexity index is 1200. The van der Waals surface area contributed by atoms with Crippen molar-refractivity contribution in [3.05, 3.63) is 101 Å². The van der Waals surface area contributed by atoms with E-state index in [1.165, 1.54) is 23.8 Å². The first-order valence-corrected chi connectivity index (χ1v) is 13.2. The minimum atomic E-state index is -0.789. The van der Waals surface area contributed by atoms with E-state index in [1.54, 1.807) is 0 Å². The first-order valence-electron chi connectivity index (χ1n) is 12.9. The van der Waals surface area contributed by atoms with Crippen LogP contribution in [0.25, 0.3) is 0 Å². The van der Waals surface area contributed by atoms with Gasteiger partial charge in [-0.2, -0.15) is 0 Å². The second kappa shape index (κ2) is 10.3. The van der Waals surface area contributed by atoms with Crippen molar-refractivity contribution in [2.45, 2.75) is 55.4 Å². The van der Waals surface area contributed by atoms with E-state index in [9.17, 15) is 9.90 Å². The molecule has 0 aromatic heterocycles. The molecule has 2 atom stereocenters. The zero-order valence-electron chi connectivity index (χ0n) is 20.8. The fourth-order valence-corrected chi connectivity index (χ4v) is 6.97. The van der Waals surface area contributed by atoms with Gasteiger partial charge in [0.05, 0.1) is 7.11 Å². The molecule has 5 heteroatoms. The van der Waals surface area contributed by atoms with Crippen LogP contribution in [0.5, 0.6) is 0 Å². The Morgan fingerprint density at radius 3 is 2.44 bits per heavy atom. The highest BCUT2D eigenvalue weighted by Gasteiger charge is 2.54. The summed E-state index contributed by atoms with van der Waals surface area (Å²) in [6, 6.07) is 26.7. The number of methoxy groups -OCH3 is 1. The van der Waals surface area contributed by atoms with E-state index in [4.69, 9.17) is 16.3 Å². The lowest BCUT2D eigenvalue weighted by molar-refractivity contribution is -0.148. The molecule has 0 heterocycles. The molecule has 0 radical (unpaired) electrons. The van der Waals surface area contributed by atoms with Gasteiger partial charge in [0, 0.05) is 23.2 Å². The van der Waals surface area contributed by atoms with Crippen molar-refractivity contribution in [3.8, 4) is 0 Å². The van der Waals surface area contributed by atoms with Crippen molar-refractivity contribution in [3.63, 3.8) is 0 Å². The molecule has 188 valence electrons. The quantitative estimate of drug-likeness (QED) is 0.360. The molecule has 3 aromatic carbocycles. The Kier molecular flexibility index (Phi) is 7.09. The van der Waals surface area contributed by atoms with E-state index in [1.807, 2.05) is 42.5 Å². The minimum Gasteiger partial charge on any atom is -0.467 e. The van der Waals surface area contributed by atoms with Crippen LogP contribution >= 0.6 is 11.6 Å². The molecule has 0 unspecified atom stereocenters. The van der Waals surface area contributed by atoms with E-state index < -0.39 is 5.54 Å². The van der Waals surface area contributed by atoms with Gasteiger partial charge in [0.2, 0.25) is 0 Å². The molecule has 36 heavy (non-hydrogen) atoms. The average Bonchev–Trinajstić information content (AvgIpc) is 3.21. The smallest absolute Gasteiger partial charge is 0.331 e. The summed E-state index contributed by atoms with van der Waals surface area (Å²) in [4.78, 5) is 13.2. The van der Waals surface area contributed by atoms with Crippen LogP contribution in [0.3, 0.4) is 0 Å². The molecule has 5 rings (SSSR count). The Morgan fingerprint density at radius 2 is 1.75 bits per heavy atom. The lowest BCUT2D eigenvalue weighted by Gasteiger charge is -2.48. The zero-order chi connectivity index (χ0) is 25.2. The van der Waals surface area contributed by atoms with Crippen LogP contribution in [0.1, 0.15) is 54.7 Å². The maximum absolute atomic E-state index is 13.2. The van der Waals surface area contributed by atoms with Crippen LogP contribution in [-0.4, -0.2) is 30.3 Å². The van der Waals surface area contributed by atoms with Crippen molar-refractivity contribution in [1.29, 1.82) is 0 Å². The Morgan fingerprint density at radius 1 is 1.03 bits per heavy atom. The highest BCUT2D eigenvalue weighted by Crippen LogP contribution is 2.56. The van der Waals surface area contributed by atoms with E-state index in [0.717, 1.165) is 31.4 Å². The molecular formula is C31H34ClNO3. The van der Waals surface area contributed by atoms with Crippen LogP contribution in [0.2, 0.25) is 5.02 Å². The second-order valence-electron chi connectivity index (χ2n) is 10.4. The van der Waals surface area contributed by atoms with Crippen molar-refractivity contribution in [2.24, 2.45) is 5.92 Å². The molecule has 0 saturated heterocycles. The lowest BCUT2D eigenvalue weighted by atomic mass is 9.59. The molecule has 1 spiro atoms. The van der Waals surface area contributed by atoms with Crippen LogP contribution < -0.4 is 5.32 Å². The number of fused-ring (bicyclic) bond motifs is 2. The number of anilines is 1. The first kappa shape index (κ1) is 24.9. The lowest BCUT2D eigenvalue weighted by Crippen LogP contribution is -2.53. The SMILES string of the molecule is COC(=O)C1(Nc2cccc(Cl)c2)CCC2(CC1)c1ccccc1C[C@H]2C[C@H](CO)c1ccccc1. The molecule has 2 aliphatic carbocycles. The van der Waals surface area contributed by atoms with Crippen molar-refractivity contribution < 1.29 is 14.6 Å². The first-order chi connectivity index (χ1) is 17.5. The standard InChI is InChI=1S/C31H34ClNO3/c1-36-29(35)31(33-27-12-7-11-26(32)20-27)16-14-30(15-17-31)25(18-23-10-5-6-13-28(23)30)19-24(21-34)22-8-3-2-4-9-22/h2-13,20,24-25,33-34H,14-19,21H2,1H3/t24-,25+,30?,31?/m1/s1. The maximum atomic E-state index is 13.2. The number of aliphatic hydroxyl groups is 1. The summed E-state index contributed by atoms with van der Waals surface area (Å²) in [5.74, 6) is 0.269. The van der Waals surface area contributed by atoms with E-state index in [0.29, 0.717) is 23.8 Å².